The molecule has 0 fully saturated rings. The van der Waals surface area contributed by atoms with Gasteiger partial charge in [0.15, 0.2) is 0 Å². The molecule has 9 heavy (non-hydrogen) atoms. The second-order valence-corrected chi connectivity index (χ2v) is 8.04. The van der Waals surface area contributed by atoms with Gasteiger partial charge in [0, 0.05) is 5.75 Å². The fraction of sp³-hybridized carbons (Fsp3) is 0.667. The van der Waals surface area contributed by atoms with Gasteiger partial charge in [0.2, 0.25) is 0 Å². The van der Waals surface area contributed by atoms with Gasteiger partial charge in [-0.2, -0.15) is 0 Å². The summed E-state index contributed by atoms with van der Waals surface area (Å²) in [6.45, 7) is 4.08. The Balaban J connectivity index is 4.05. The monoisotopic (exact) mass is 180 g/mol. The van der Waals surface area contributed by atoms with Crippen molar-refractivity contribution in [2.75, 3.05) is 5.75 Å². The Morgan fingerprint density at radius 1 is 1.44 bits per heavy atom. The molecule has 54 valence electrons. The van der Waals surface area contributed by atoms with Gasteiger partial charge < -0.3 is 0 Å². The van der Waals surface area contributed by atoms with Crippen molar-refractivity contribution in [3.8, 4) is 0 Å². The first-order valence-corrected chi connectivity index (χ1v) is 6.69. The third-order valence-corrected chi connectivity index (χ3v) is 4.16. The fourth-order valence-electron chi connectivity index (χ4n) is 0.560. The minimum Gasteiger partial charge on any atom is -0.0807 e. The molecule has 0 saturated heterocycles. The summed E-state index contributed by atoms with van der Waals surface area (Å²) in [5, 5.41) is 1.99. The van der Waals surface area contributed by atoms with Crippen LogP contribution in [-0.4, -0.2) is 5.75 Å². The first-order valence-electron chi connectivity index (χ1n) is 2.98. The van der Waals surface area contributed by atoms with Gasteiger partial charge in [-0.3, -0.25) is 0 Å². The first-order chi connectivity index (χ1) is 4.12. The largest absolute Gasteiger partial charge is 0.0807 e. The maximum absolute atomic E-state index is 5.15. The van der Waals surface area contributed by atoms with Crippen molar-refractivity contribution < 1.29 is 0 Å². The number of hydrogen-bond acceptors (Lipinski definition) is 2. The average molecular weight is 180 g/mol. The SMILES string of the molecule is CC=CS(=S)(=S)CCC. The standard InChI is InChI=1S/C6H12S3/c1-3-5-9(7,8)6-4-2/h3,5H,4,6H2,1-2H3. The molecule has 0 radical (unpaired) electrons. The van der Waals surface area contributed by atoms with Crippen molar-refractivity contribution in [2.45, 2.75) is 20.3 Å². The summed E-state index contributed by atoms with van der Waals surface area (Å²) in [5.41, 5.74) is 0. The van der Waals surface area contributed by atoms with Crippen LogP contribution in [0.1, 0.15) is 20.3 Å². The summed E-state index contributed by atoms with van der Waals surface area (Å²) in [5.74, 6) is 1.00. The maximum Gasteiger partial charge on any atom is 0.00545 e. The molecule has 0 unspecified atom stereocenters. The smallest absolute Gasteiger partial charge is 0.00545 e. The van der Waals surface area contributed by atoms with Gasteiger partial charge in [-0.15, -0.1) is 0 Å². The lowest BCUT2D eigenvalue weighted by Crippen LogP contribution is -1.95. The number of hydrogen-bond donors (Lipinski definition) is 0. The Kier molecular flexibility index (Phi) is 4.62. The van der Waals surface area contributed by atoms with E-state index in [1.807, 2.05) is 18.4 Å². The molecule has 0 saturated carbocycles. The summed E-state index contributed by atoms with van der Waals surface area (Å²) in [6.07, 6.45) is 3.07. The van der Waals surface area contributed by atoms with Gasteiger partial charge in [-0.05, 0) is 41.1 Å². The highest BCUT2D eigenvalue weighted by molar-refractivity contribution is 8.57. The van der Waals surface area contributed by atoms with Crippen LogP contribution < -0.4 is 0 Å². The molecule has 0 aromatic heterocycles. The lowest BCUT2D eigenvalue weighted by atomic mass is 10.6. The van der Waals surface area contributed by atoms with Crippen molar-refractivity contribution in [1.29, 1.82) is 0 Å². The van der Waals surface area contributed by atoms with Crippen molar-refractivity contribution in [1.82, 2.24) is 0 Å². The molecule has 0 atom stereocenters. The van der Waals surface area contributed by atoms with E-state index in [4.69, 9.17) is 22.4 Å². The molecule has 0 aliphatic carbocycles. The molecular weight excluding hydrogens is 168 g/mol. The third kappa shape index (κ3) is 5.00. The predicted molar refractivity (Wildman–Crippen MR) is 52.1 cm³/mol. The highest BCUT2D eigenvalue weighted by Gasteiger charge is 1.91. The molecule has 0 aromatic rings. The van der Waals surface area contributed by atoms with Crippen molar-refractivity contribution in [3.05, 3.63) is 11.5 Å². The number of rotatable bonds is 3. The molecule has 0 aliphatic heterocycles. The van der Waals surface area contributed by atoms with Crippen LogP contribution in [0.2, 0.25) is 0 Å². The van der Waals surface area contributed by atoms with Crippen molar-refractivity contribution >= 4 is 29.5 Å². The van der Waals surface area contributed by atoms with Crippen LogP contribution in [-0.2, 0) is 29.5 Å². The Hall–Kier alpha value is 0.530. The van der Waals surface area contributed by atoms with Crippen molar-refractivity contribution in [2.24, 2.45) is 0 Å². The second-order valence-electron chi connectivity index (χ2n) is 1.84. The maximum atomic E-state index is 5.15. The zero-order chi connectivity index (χ0) is 7.33. The van der Waals surface area contributed by atoms with Gasteiger partial charge in [0.05, 0.1) is 0 Å². The molecule has 0 rings (SSSR count). The summed E-state index contributed by atoms with van der Waals surface area (Å²) in [7, 11) is -1.20. The van der Waals surface area contributed by atoms with E-state index in [1.54, 1.807) is 0 Å². The highest BCUT2D eigenvalue weighted by Crippen LogP contribution is 1.96. The lowest BCUT2D eigenvalue weighted by Gasteiger charge is -1.98. The zero-order valence-corrected chi connectivity index (χ0v) is 8.24. The van der Waals surface area contributed by atoms with E-state index >= 15 is 0 Å². The van der Waals surface area contributed by atoms with E-state index in [0.717, 1.165) is 12.2 Å². The Morgan fingerprint density at radius 3 is 2.33 bits per heavy atom. The normalized spacial score (nSPS) is 12.7. The molecule has 0 spiro atoms. The molecular formula is C6H12S3. The second kappa shape index (κ2) is 4.36. The fourth-order valence-corrected chi connectivity index (χ4v) is 3.35. The van der Waals surface area contributed by atoms with Crippen molar-refractivity contribution in [3.63, 3.8) is 0 Å². The Bertz CT molecular complexity index is 174. The summed E-state index contributed by atoms with van der Waals surface area (Å²) >= 11 is 10.3. The van der Waals surface area contributed by atoms with Gasteiger partial charge in [-0.1, -0.05) is 20.1 Å². The van der Waals surface area contributed by atoms with Crippen LogP contribution in [0.15, 0.2) is 11.5 Å². The Morgan fingerprint density at radius 2 is 2.00 bits per heavy atom. The van der Waals surface area contributed by atoms with Gasteiger partial charge in [0.1, 0.15) is 0 Å². The van der Waals surface area contributed by atoms with E-state index < -0.39 is 7.15 Å². The van der Waals surface area contributed by atoms with E-state index in [0.29, 0.717) is 0 Å². The van der Waals surface area contributed by atoms with Gasteiger partial charge >= 0.3 is 0 Å². The van der Waals surface area contributed by atoms with Crippen LogP contribution in [0.5, 0.6) is 0 Å². The molecule has 0 N–H and O–H groups in total. The summed E-state index contributed by atoms with van der Waals surface area (Å²) < 4.78 is 0. The van der Waals surface area contributed by atoms with E-state index in [9.17, 15) is 0 Å². The average Bonchev–Trinajstić information content (AvgIpc) is 1.64. The number of allylic oxidation sites excluding steroid dienone is 1. The quantitative estimate of drug-likeness (QED) is 0.651. The molecule has 0 aromatic carbocycles. The highest BCUT2D eigenvalue weighted by atomic mass is 33.1. The first kappa shape index (κ1) is 9.53. The van der Waals surface area contributed by atoms with E-state index in [-0.39, 0.29) is 0 Å². The van der Waals surface area contributed by atoms with E-state index in [2.05, 4.69) is 6.92 Å². The predicted octanol–water partition coefficient (Wildman–Crippen LogP) is 2.01. The minimum absolute atomic E-state index is 1.00. The molecule has 0 aliphatic rings. The van der Waals surface area contributed by atoms with Crippen LogP contribution in [0.4, 0.5) is 0 Å². The molecule has 0 amide bonds. The van der Waals surface area contributed by atoms with Crippen LogP contribution >= 0.6 is 0 Å². The van der Waals surface area contributed by atoms with E-state index in [1.165, 1.54) is 0 Å². The van der Waals surface area contributed by atoms with Crippen LogP contribution in [0.3, 0.4) is 0 Å². The lowest BCUT2D eigenvalue weighted by molar-refractivity contribution is 1.11. The topological polar surface area (TPSA) is 0 Å². The third-order valence-electron chi connectivity index (χ3n) is 0.832. The zero-order valence-electron chi connectivity index (χ0n) is 5.79. The molecule has 3 heteroatoms. The van der Waals surface area contributed by atoms with Crippen LogP contribution in [0, 0.1) is 0 Å². The Labute approximate surface area is 67.2 Å². The minimum atomic E-state index is -1.20. The van der Waals surface area contributed by atoms with Gasteiger partial charge in [-0.25, -0.2) is 0 Å². The molecule has 0 heterocycles. The summed E-state index contributed by atoms with van der Waals surface area (Å²) in [4.78, 5) is 0. The van der Waals surface area contributed by atoms with Crippen LogP contribution in [0.25, 0.3) is 0 Å². The molecule has 0 bridgehead atoms. The summed E-state index contributed by atoms with van der Waals surface area (Å²) in [6, 6.07) is 0. The van der Waals surface area contributed by atoms with Gasteiger partial charge in [0.25, 0.3) is 0 Å². The molecule has 0 nitrogen and oxygen atoms in total.